The van der Waals surface area contributed by atoms with Crippen LogP contribution < -0.4 is 4.74 Å². The minimum absolute atomic E-state index is 0.247. The van der Waals surface area contributed by atoms with Crippen LogP contribution in [0.25, 0.3) is 0 Å². The second-order valence-electron chi connectivity index (χ2n) is 4.61. The molecule has 1 aliphatic carbocycles. The SMILES string of the molecule is Cc1cc(OCC2CC=CCC2C)nc(Cl)n1. The van der Waals surface area contributed by atoms with Crippen LogP contribution >= 0.6 is 11.6 Å². The molecule has 0 fully saturated rings. The van der Waals surface area contributed by atoms with E-state index in [2.05, 4.69) is 29.0 Å². The van der Waals surface area contributed by atoms with E-state index in [1.165, 1.54) is 0 Å². The van der Waals surface area contributed by atoms with Gasteiger partial charge in [-0.05, 0) is 43.2 Å². The summed E-state index contributed by atoms with van der Waals surface area (Å²) >= 11 is 5.79. The van der Waals surface area contributed by atoms with E-state index in [9.17, 15) is 0 Å². The minimum atomic E-state index is 0.247. The maximum Gasteiger partial charge on any atom is 0.225 e. The number of hydrogen-bond donors (Lipinski definition) is 0. The highest BCUT2D eigenvalue weighted by Gasteiger charge is 2.19. The summed E-state index contributed by atoms with van der Waals surface area (Å²) in [7, 11) is 0. The second-order valence-corrected chi connectivity index (χ2v) is 4.95. The van der Waals surface area contributed by atoms with Gasteiger partial charge in [0, 0.05) is 11.8 Å². The van der Waals surface area contributed by atoms with Crippen LogP contribution in [0, 0.1) is 18.8 Å². The number of hydrogen-bond acceptors (Lipinski definition) is 3. The zero-order chi connectivity index (χ0) is 12.3. The third kappa shape index (κ3) is 3.43. The predicted molar refractivity (Wildman–Crippen MR) is 68.3 cm³/mol. The van der Waals surface area contributed by atoms with E-state index in [0.29, 0.717) is 24.3 Å². The van der Waals surface area contributed by atoms with E-state index in [0.717, 1.165) is 18.5 Å². The van der Waals surface area contributed by atoms with Crippen LogP contribution in [0.4, 0.5) is 0 Å². The monoisotopic (exact) mass is 252 g/mol. The van der Waals surface area contributed by atoms with Crippen molar-refractivity contribution in [2.75, 3.05) is 6.61 Å². The Balaban J connectivity index is 1.95. The number of nitrogens with zero attached hydrogens (tertiary/aromatic N) is 2. The van der Waals surface area contributed by atoms with Crippen LogP contribution in [-0.2, 0) is 0 Å². The Kier molecular flexibility index (Phi) is 4.00. The molecule has 0 spiro atoms. The first kappa shape index (κ1) is 12.4. The van der Waals surface area contributed by atoms with Gasteiger partial charge in [-0.1, -0.05) is 19.1 Å². The number of rotatable bonds is 3. The van der Waals surface area contributed by atoms with Crippen LogP contribution in [0.3, 0.4) is 0 Å². The Labute approximate surface area is 107 Å². The molecule has 0 aliphatic heterocycles. The summed E-state index contributed by atoms with van der Waals surface area (Å²) in [5.74, 6) is 1.80. The number of allylic oxidation sites excluding steroid dienone is 2. The normalized spacial score (nSPS) is 23.7. The molecule has 2 unspecified atom stereocenters. The second kappa shape index (κ2) is 5.50. The third-order valence-corrected chi connectivity index (χ3v) is 3.34. The van der Waals surface area contributed by atoms with Crippen LogP contribution in [0.1, 0.15) is 25.5 Å². The smallest absolute Gasteiger partial charge is 0.225 e. The Morgan fingerprint density at radius 3 is 2.82 bits per heavy atom. The van der Waals surface area contributed by atoms with Crippen LogP contribution in [0.2, 0.25) is 5.28 Å². The molecule has 1 aromatic heterocycles. The van der Waals surface area contributed by atoms with Crippen molar-refractivity contribution in [3.8, 4) is 5.88 Å². The lowest BCUT2D eigenvalue weighted by Crippen LogP contribution is -2.21. The molecule has 0 saturated heterocycles. The Morgan fingerprint density at radius 2 is 2.12 bits per heavy atom. The molecule has 3 nitrogen and oxygen atoms in total. The number of aromatic nitrogens is 2. The highest BCUT2D eigenvalue weighted by Crippen LogP contribution is 2.25. The van der Waals surface area contributed by atoms with E-state index in [1.54, 1.807) is 0 Å². The summed E-state index contributed by atoms with van der Waals surface area (Å²) in [6, 6.07) is 1.81. The standard InChI is InChI=1S/C13H17ClN2O/c1-9-5-3-4-6-11(9)8-17-12-7-10(2)15-13(14)16-12/h3-4,7,9,11H,5-6,8H2,1-2H3. The molecule has 0 aromatic carbocycles. The Bertz CT molecular complexity index is 400. The van der Waals surface area contributed by atoms with Gasteiger partial charge < -0.3 is 4.74 Å². The first-order valence-electron chi connectivity index (χ1n) is 5.94. The fourth-order valence-corrected chi connectivity index (χ4v) is 2.23. The molecule has 1 aromatic rings. The summed E-state index contributed by atoms with van der Waals surface area (Å²) in [5.41, 5.74) is 0.830. The van der Waals surface area contributed by atoms with Gasteiger partial charge in [0.25, 0.3) is 0 Å². The first-order valence-corrected chi connectivity index (χ1v) is 6.32. The molecular formula is C13H17ClN2O. The zero-order valence-electron chi connectivity index (χ0n) is 10.2. The molecule has 17 heavy (non-hydrogen) atoms. The van der Waals surface area contributed by atoms with Gasteiger partial charge in [0.1, 0.15) is 0 Å². The summed E-state index contributed by atoms with van der Waals surface area (Å²) in [4.78, 5) is 8.06. The van der Waals surface area contributed by atoms with E-state index in [1.807, 2.05) is 13.0 Å². The fraction of sp³-hybridized carbons (Fsp3) is 0.538. The largest absolute Gasteiger partial charge is 0.477 e. The van der Waals surface area contributed by atoms with Crippen molar-refractivity contribution >= 4 is 11.6 Å². The van der Waals surface area contributed by atoms with Crippen molar-refractivity contribution in [1.29, 1.82) is 0 Å². The molecule has 4 heteroatoms. The lowest BCUT2D eigenvalue weighted by atomic mass is 9.85. The highest BCUT2D eigenvalue weighted by atomic mass is 35.5. The topological polar surface area (TPSA) is 35.0 Å². The molecule has 0 bridgehead atoms. The van der Waals surface area contributed by atoms with E-state index in [4.69, 9.17) is 16.3 Å². The van der Waals surface area contributed by atoms with Crippen LogP contribution in [0.15, 0.2) is 18.2 Å². The predicted octanol–water partition coefficient (Wildman–Crippen LogP) is 3.42. The molecule has 2 rings (SSSR count). The van der Waals surface area contributed by atoms with Gasteiger partial charge in [-0.15, -0.1) is 0 Å². The van der Waals surface area contributed by atoms with Crippen molar-refractivity contribution in [2.45, 2.75) is 26.7 Å². The van der Waals surface area contributed by atoms with Gasteiger partial charge in [-0.25, -0.2) is 4.98 Å². The lowest BCUT2D eigenvalue weighted by Gasteiger charge is -2.24. The average Bonchev–Trinajstić information content (AvgIpc) is 2.27. The average molecular weight is 253 g/mol. The van der Waals surface area contributed by atoms with E-state index < -0.39 is 0 Å². The van der Waals surface area contributed by atoms with E-state index >= 15 is 0 Å². The summed E-state index contributed by atoms with van der Waals surface area (Å²) in [6.07, 6.45) is 6.69. The van der Waals surface area contributed by atoms with Gasteiger partial charge in [0.2, 0.25) is 11.2 Å². The summed E-state index contributed by atoms with van der Waals surface area (Å²) < 4.78 is 5.71. The minimum Gasteiger partial charge on any atom is -0.477 e. The van der Waals surface area contributed by atoms with Gasteiger partial charge in [0.15, 0.2) is 0 Å². The summed E-state index contributed by atoms with van der Waals surface area (Å²) in [5, 5.41) is 0.247. The van der Waals surface area contributed by atoms with Crippen molar-refractivity contribution < 1.29 is 4.74 Å². The maximum atomic E-state index is 5.79. The molecule has 0 radical (unpaired) electrons. The van der Waals surface area contributed by atoms with Crippen molar-refractivity contribution in [2.24, 2.45) is 11.8 Å². The molecule has 0 saturated carbocycles. The highest BCUT2D eigenvalue weighted by molar-refractivity contribution is 6.28. The molecule has 92 valence electrons. The molecule has 2 atom stereocenters. The molecular weight excluding hydrogens is 236 g/mol. The van der Waals surface area contributed by atoms with Gasteiger partial charge in [0.05, 0.1) is 6.61 Å². The fourth-order valence-electron chi connectivity index (χ4n) is 2.01. The number of ether oxygens (including phenoxy) is 1. The Morgan fingerprint density at radius 1 is 1.35 bits per heavy atom. The number of aryl methyl sites for hydroxylation is 1. The molecule has 0 amide bonds. The maximum absolute atomic E-state index is 5.79. The van der Waals surface area contributed by atoms with Gasteiger partial charge in [-0.2, -0.15) is 4.98 Å². The molecule has 1 aliphatic rings. The summed E-state index contributed by atoms with van der Waals surface area (Å²) in [6.45, 7) is 4.83. The van der Waals surface area contributed by atoms with Gasteiger partial charge >= 0.3 is 0 Å². The van der Waals surface area contributed by atoms with Crippen molar-refractivity contribution in [3.05, 3.63) is 29.2 Å². The van der Waals surface area contributed by atoms with Crippen molar-refractivity contribution in [3.63, 3.8) is 0 Å². The van der Waals surface area contributed by atoms with E-state index in [-0.39, 0.29) is 5.28 Å². The quantitative estimate of drug-likeness (QED) is 0.611. The number of halogens is 1. The molecule has 1 heterocycles. The third-order valence-electron chi connectivity index (χ3n) is 3.17. The lowest BCUT2D eigenvalue weighted by molar-refractivity contribution is 0.192. The van der Waals surface area contributed by atoms with Crippen LogP contribution in [0.5, 0.6) is 5.88 Å². The Hall–Kier alpha value is -1.09. The molecule has 0 N–H and O–H groups in total. The first-order chi connectivity index (χ1) is 8.15. The van der Waals surface area contributed by atoms with Crippen LogP contribution in [-0.4, -0.2) is 16.6 Å². The van der Waals surface area contributed by atoms with Gasteiger partial charge in [-0.3, -0.25) is 0 Å². The van der Waals surface area contributed by atoms with Crippen molar-refractivity contribution in [1.82, 2.24) is 9.97 Å². The zero-order valence-corrected chi connectivity index (χ0v) is 10.9.